The Hall–Kier alpha value is -1.55. The van der Waals surface area contributed by atoms with Gasteiger partial charge in [-0.3, -0.25) is 0 Å². The topological polar surface area (TPSA) is 54.4 Å². The van der Waals surface area contributed by atoms with E-state index in [4.69, 9.17) is 0 Å². The summed E-state index contributed by atoms with van der Waals surface area (Å²) in [5.74, 6) is -0.195. The molecule has 0 bridgehead atoms. The van der Waals surface area contributed by atoms with Gasteiger partial charge < -0.3 is 5.11 Å². The van der Waals surface area contributed by atoms with Gasteiger partial charge in [0.05, 0.1) is 0 Å². The highest BCUT2D eigenvalue weighted by atomic mass is 32.2. The molecule has 3 nitrogen and oxygen atoms in total. The minimum atomic E-state index is -2.77. The van der Waals surface area contributed by atoms with Gasteiger partial charge in [-0.15, -0.1) is 0 Å². The number of phenolic OH excluding ortho intramolecular Hbond substituents is 1. The molecule has 4 heteroatoms. The molecule has 0 amide bonds. The molecule has 0 atom stereocenters. The van der Waals surface area contributed by atoms with E-state index in [1.165, 1.54) is 6.07 Å². The molecule has 0 heterocycles. The Bertz CT molecular complexity index is 550. The van der Waals surface area contributed by atoms with Gasteiger partial charge in [0.2, 0.25) is 0 Å². The second-order valence-corrected chi connectivity index (χ2v) is 3.87. The molecule has 2 aromatic carbocycles. The van der Waals surface area contributed by atoms with Crippen LogP contribution in [0.1, 0.15) is 0 Å². The first-order valence-electron chi connectivity index (χ1n) is 4.05. The first-order valence-corrected chi connectivity index (χ1v) is 5.23. The molecule has 0 spiro atoms. The first-order chi connectivity index (χ1) is 6.70. The van der Waals surface area contributed by atoms with Crippen LogP contribution >= 0.6 is 0 Å². The minimum Gasteiger partial charge on any atom is -0.507 e. The normalized spacial score (nSPS) is 10.9. The van der Waals surface area contributed by atoms with Crippen LogP contribution in [0.2, 0.25) is 0 Å². The number of hydrogen-bond donors (Lipinski definition) is 2. The standard InChI is InChI=1S/C10H8O3S/c11-9-6-5-7-3-1-2-4-8(7)10(9)14(12)13/h1-6,11,14H. The second kappa shape index (κ2) is 3.31. The summed E-state index contributed by atoms with van der Waals surface area (Å²) < 4.78 is 21.8. The quantitative estimate of drug-likeness (QED) is 0.698. The van der Waals surface area contributed by atoms with Crippen LogP contribution in [-0.2, 0) is 10.7 Å². The van der Waals surface area contributed by atoms with Crippen LogP contribution in [-0.4, -0.2) is 13.5 Å². The molecule has 0 radical (unpaired) electrons. The van der Waals surface area contributed by atoms with Crippen LogP contribution in [0.25, 0.3) is 10.8 Å². The zero-order valence-electron chi connectivity index (χ0n) is 7.18. The fourth-order valence-corrected chi connectivity index (χ4v) is 2.10. The highest BCUT2D eigenvalue weighted by molar-refractivity contribution is 7.72. The summed E-state index contributed by atoms with van der Waals surface area (Å²) in [6.07, 6.45) is 0. The van der Waals surface area contributed by atoms with E-state index in [-0.39, 0.29) is 10.6 Å². The molecule has 0 saturated carbocycles. The Morgan fingerprint density at radius 1 is 1.00 bits per heavy atom. The molecular formula is C10H8O3S. The Kier molecular flexibility index (Phi) is 2.13. The smallest absolute Gasteiger partial charge is 0.172 e. The summed E-state index contributed by atoms with van der Waals surface area (Å²) in [6.45, 7) is 0. The van der Waals surface area contributed by atoms with Gasteiger partial charge in [0.1, 0.15) is 10.6 Å². The average Bonchev–Trinajstić information content (AvgIpc) is 2.17. The summed E-state index contributed by atoms with van der Waals surface area (Å²) in [5.41, 5.74) is 0. The van der Waals surface area contributed by atoms with E-state index in [0.29, 0.717) is 5.39 Å². The highest BCUT2D eigenvalue weighted by Crippen LogP contribution is 2.27. The van der Waals surface area contributed by atoms with Crippen LogP contribution in [0, 0.1) is 0 Å². The van der Waals surface area contributed by atoms with E-state index in [2.05, 4.69) is 0 Å². The lowest BCUT2D eigenvalue weighted by Crippen LogP contribution is -1.84. The molecule has 0 fully saturated rings. The SMILES string of the molecule is O=[SH](=O)c1c(O)ccc2ccccc12. The van der Waals surface area contributed by atoms with Crippen molar-refractivity contribution in [2.45, 2.75) is 4.90 Å². The van der Waals surface area contributed by atoms with Gasteiger partial charge in [-0.05, 0) is 11.5 Å². The molecule has 0 saturated heterocycles. The summed E-state index contributed by atoms with van der Waals surface area (Å²) in [6, 6.07) is 10.1. The fraction of sp³-hybridized carbons (Fsp3) is 0. The average molecular weight is 208 g/mol. The van der Waals surface area contributed by atoms with Crippen LogP contribution < -0.4 is 0 Å². The van der Waals surface area contributed by atoms with Gasteiger partial charge in [0, 0.05) is 5.39 Å². The maximum atomic E-state index is 10.9. The number of phenols is 1. The van der Waals surface area contributed by atoms with Gasteiger partial charge in [0.15, 0.2) is 10.7 Å². The number of rotatable bonds is 1. The number of hydrogen-bond acceptors (Lipinski definition) is 3. The lowest BCUT2D eigenvalue weighted by Gasteiger charge is -2.02. The van der Waals surface area contributed by atoms with Crippen molar-refractivity contribution < 1.29 is 13.5 Å². The van der Waals surface area contributed by atoms with E-state index in [1.54, 1.807) is 24.3 Å². The monoisotopic (exact) mass is 208 g/mol. The predicted molar refractivity (Wildman–Crippen MR) is 54.2 cm³/mol. The molecule has 1 N–H and O–H groups in total. The molecule has 0 aliphatic carbocycles. The number of benzene rings is 2. The number of aromatic hydroxyl groups is 1. The lowest BCUT2D eigenvalue weighted by atomic mass is 10.1. The summed E-state index contributed by atoms with van der Waals surface area (Å²) in [5, 5.41) is 10.8. The Morgan fingerprint density at radius 3 is 2.43 bits per heavy atom. The summed E-state index contributed by atoms with van der Waals surface area (Å²) in [7, 11) is -2.77. The van der Waals surface area contributed by atoms with Crippen molar-refractivity contribution in [3.8, 4) is 5.75 Å². The van der Waals surface area contributed by atoms with E-state index in [0.717, 1.165) is 5.39 Å². The third kappa shape index (κ3) is 1.33. The molecular weight excluding hydrogens is 200 g/mol. The first kappa shape index (κ1) is 9.02. The van der Waals surface area contributed by atoms with Crippen molar-refractivity contribution in [1.82, 2.24) is 0 Å². The Labute approximate surface area is 82.6 Å². The molecule has 0 unspecified atom stereocenters. The zero-order valence-corrected chi connectivity index (χ0v) is 8.07. The van der Waals surface area contributed by atoms with E-state index >= 15 is 0 Å². The number of fused-ring (bicyclic) bond motifs is 1. The maximum Gasteiger partial charge on any atom is 0.172 e. The molecule has 0 aliphatic heterocycles. The zero-order chi connectivity index (χ0) is 10.1. The van der Waals surface area contributed by atoms with E-state index < -0.39 is 10.7 Å². The van der Waals surface area contributed by atoms with Crippen LogP contribution in [0.5, 0.6) is 5.75 Å². The van der Waals surface area contributed by atoms with Crippen LogP contribution in [0.15, 0.2) is 41.3 Å². The molecule has 72 valence electrons. The molecule has 2 aromatic rings. The fourth-order valence-electron chi connectivity index (χ4n) is 1.44. The van der Waals surface area contributed by atoms with Crippen molar-refractivity contribution in [1.29, 1.82) is 0 Å². The van der Waals surface area contributed by atoms with Gasteiger partial charge in [0.25, 0.3) is 0 Å². The third-order valence-corrected chi connectivity index (χ3v) is 2.90. The molecule has 0 aromatic heterocycles. The maximum absolute atomic E-state index is 10.9. The van der Waals surface area contributed by atoms with Crippen LogP contribution in [0.4, 0.5) is 0 Å². The highest BCUT2D eigenvalue weighted by Gasteiger charge is 2.07. The minimum absolute atomic E-state index is 0.00176. The van der Waals surface area contributed by atoms with Gasteiger partial charge in [-0.25, -0.2) is 8.42 Å². The molecule has 0 aliphatic rings. The molecule has 14 heavy (non-hydrogen) atoms. The van der Waals surface area contributed by atoms with Gasteiger partial charge in [-0.2, -0.15) is 0 Å². The van der Waals surface area contributed by atoms with Gasteiger partial charge in [-0.1, -0.05) is 30.3 Å². The second-order valence-electron chi connectivity index (χ2n) is 2.91. The summed E-state index contributed by atoms with van der Waals surface area (Å²) >= 11 is 0. The Balaban J connectivity index is 2.97. The van der Waals surface area contributed by atoms with Crippen molar-refractivity contribution in [2.24, 2.45) is 0 Å². The third-order valence-electron chi connectivity index (χ3n) is 2.06. The van der Waals surface area contributed by atoms with Gasteiger partial charge >= 0.3 is 0 Å². The van der Waals surface area contributed by atoms with Crippen molar-refractivity contribution in [3.05, 3.63) is 36.4 Å². The van der Waals surface area contributed by atoms with E-state index in [1.807, 2.05) is 6.07 Å². The van der Waals surface area contributed by atoms with Crippen molar-refractivity contribution in [3.63, 3.8) is 0 Å². The van der Waals surface area contributed by atoms with Crippen molar-refractivity contribution in [2.75, 3.05) is 0 Å². The lowest BCUT2D eigenvalue weighted by molar-refractivity contribution is 0.462. The largest absolute Gasteiger partial charge is 0.507 e. The summed E-state index contributed by atoms with van der Waals surface area (Å²) in [4.78, 5) is -0.00176. The number of thiol groups is 1. The Morgan fingerprint density at radius 2 is 1.71 bits per heavy atom. The van der Waals surface area contributed by atoms with E-state index in [9.17, 15) is 13.5 Å². The predicted octanol–water partition coefficient (Wildman–Crippen LogP) is 1.52. The van der Waals surface area contributed by atoms with Crippen molar-refractivity contribution >= 4 is 21.5 Å². The van der Waals surface area contributed by atoms with Crippen LogP contribution in [0.3, 0.4) is 0 Å². The molecule has 2 rings (SSSR count).